The fraction of sp³-hybridized carbons (Fsp3) is 1.00. The third-order valence-corrected chi connectivity index (χ3v) is 3.77. The standard InChI is InChI=1S/C10H17BrF3N/c1-2-15(6-8-4-3-5-8)7-9(11)10(12,13)14/h8-9H,2-7H2,1H3. The van der Waals surface area contributed by atoms with Crippen LogP contribution in [-0.2, 0) is 0 Å². The summed E-state index contributed by atoms with van der Waals surface area (Å²) in [6, 6.07) is 0. The molecule has 0 aromatic heterocycles. The maximum atomic E-state index is 12.3. The predicted octanol–water partition coefficient (Wildman–Crippen LogP) is 3.43. The third kappa shape index (κ3) is 4.31. The first kappa shape index (κ1) is 13.3. The van der Waals surface area contributed by atoms with Crippen LogP contribution < -0.4 is 0 Å². The summed E-state index contributed by atoms with van der Waals surface area (Å²) in [5, 5.41) is 0. The summed E-state index contributed by atoms with van der Waals surface area (Å²) in [5.74, 6) is 0.623. The number of alkyl halides is 4. The van der Waals surface area contributed by atoms with Gasteiger partial charge in [0.25, 0.3) is 0 Å². The highest BCUT2D eigenvalue weighted by atomic mass is 79.9. The lowest BCUT2D eigenvalue weighted by molar-refractivity contribution is -0.130. The maximum Gasteiger partial charge on any atom is 0.402 e. The minimum absolute atomic E-state index is 0.0660. The van der Waals surface area contributed by atoms with E-state index < -0.39 is 11.0 Å². The van der Waals surface area contributed by atoms with E-state index in [4.69, 9.17) is 0 Å². The van der Waals surface area contributed by atoms with Gasteiger partial charge in [-0.15, -0.1) is 0 Å². The van der Waals surface area contributed by atoms with Gasteiger partial charge in [0.1, 0.15) is 4.83 Å². The van der Waals surface area contributed by atoms with Crippen molar-refractivity contribution in [3.63, 3.8) is 0 Å². The molecule has 5 heteroatoms. The molecule has 1 fully saturated rings. The smallest absolute Gasteiger partial charge is 0.302 e. The van der Waals surface area contributed by atoms with Gasteiger partial charge < -0.3 is 4.90 Å². The highest BCUT2D eigenvalue weighted by molar-refractivity contribution is 9.09. The van der Waals surface area contributed by atoms with Gasteiger partial charge in [-0.1, -0.05) is 29.3 Å². The molecular weight excluding hydrogens is 271 g/mol. The van der Waals surface area contributed by atoms with Crippen LogP contribution in [0.15, 0.2) is 0 Å². The monoisotopic (exact) mass is 287 g/mol. The second-order valence-electron chi connectivity index (χ2n) is 4.16. The number of halogens is 4. The maximum absolute atomic E-state index is 12.3. The molecule has 0 spiro atoms. The van der Waals surface area contributed by atoms with Crippen LogP contribution in [0.2, 0.25) is 0 Å². The Labute approximate surface area is 97.1 Å². The van der Waals surface area contributed by atoms with Crippen LogP contribution in [-0.4, -0.2) is 35.5 Å². The molecule has 15 heavy (non-hydrogen) atoms. The van der Waals surface area contributed by atoms with Crippen molar-refractivity contribution in [3.05, 3.63) is 0 Å². The Bertz CT molecular complexity index is 192. The van der Waals surface area contributed by atoms with Gasteiger partial charge in [-0.2, -0.15) is 13.2 Å². The Balaban J connectivity index is 2.31. The van der Waals surface area contributed by atoms with Crippen molar-refractivity contribution in [3.8, 4) is 0 Å². The van der Waals surface area contributed by atoms with Crippen LogP contribution >= 0.6 is 15.9 Å². The van der Waals surface area contributed by atoms with E-state index in [0.717, 1.165) is 6.54 Å². The van der Waals surface area contributed by atoms with E-state index in [1.165, 1.54) is 19.3 Å². The second kappa shape index (κ2) is 5.53. The molecular formula is C10H17BrF3N. The number of hydrogen-bond acceptors (Lipinski definition) is 1. The van der Waals surface area contributed by atoms with Crippen LogP contribution in [0.4, 0.5) is 13.2 Å². The molecule has 0 amide bonds. The van der Waals surface area contributed by atoms with Crippen LogP contribution in [0.25, 0.3) is 0 Å². The summed E-state index contributed by atoms with van der Waals surface area (Å²) in [5.41, 5.74) is 0. The van der Waals surface area contributed by atoms with Crippen LogP contribution in [0, 0.1) is 5.92 Å². The SMILES string of the molecule is CCN(CC1CCC1)CC(Br)C(F)(F)F. The molecule has 0 aromatic rings. The Morgan fingerprint density at radius 2 is 2.00 bits per heavy atom. The summed E-state index contributed by atoms with van der Waals surface area (Å²) < 4.78 is 36.9. The van der Waals surface area contributed by atoms with E-state index in [2.05, 4.69) is 15.9 Å². The fourth-order valence-electron chi connectivity index (χ4n) is 1.70. The topological polar surface area (TPSA) is 3.24 Å². The Kier molecular flexibility index (Phi) is 4.90. The van der Waals surface area contributed by atoms with Gasteiger partial charge in [0.05, 0.1) is 0 Å². The molecule has 0 heterocycles. The zero-order valence-electron chi connectivity index (χ0n) is 8.86. The van der Waals surface area contributed by atoms with Gasteiger partial charge in [0.15, 0.2) is 0 Å². The van der Waals surface area contributed by atoms with Crippen molar-refractivity contribution in [2.24, 2.45) is 5.92 Å². The summed E-state index contributed by atoms with van der Waals surface area (Å²) in [6.07, 6.45) is -0.544. The molecule has 1 atom stereocenters. The van der Waals surface area contributed by atoms with Gasteiger partial charge in [0.2, 0.25) is 0 Å². The molecule has 0 N–H and O–H groups in total. The summed E-state index contributed by atoms with van der Waals surface area (Å²) >= 11 is 2.70. The lowest BCUT2D eigenvalue weighted by Gasteiger charge is -2.33. The highest BCUT2D eigenvalue weighted by Gasteiger charge is 2.38. The summed E-state index contributed by atoms with van der Waals surface area (Å²) in [6.45, 7) is 3.48. The molecule has 0 saturated heterocycles. The molecule has 0 aromatic carbocycles. The first-order valence-electron chi connectivity index (χ1n) is 5.36. The van der Waals surface area contributed by atoms with Crippen LogP contribution in [0.3, 0.4) is 0 Å². The fourth-order valence-corrected chi connectivity index (χ4v) is 2.11. The lowest BCUT2D eigenvalue weighted by atomic mass is 9.85. The molecule has 1 aliphatic rings. The van der Waals surface area contributed by atoms with E-state index in [9.17, 15) is 13.2 Å². The first-order valence-corrected chi connectivity index (χ1v) is 6.28. The molecule has 0 radical (unpaired) electrons. The molecule has 1 saturated carbocycles. The van der Waals surface area contributed by atoms with Gasteiger partial charge in [-0.05, 0) is 25.3 Å². The molecule has 0 aliphatic heterocycles. The molecule has 1 nitrogen and oxygen atoms in total. The lowest BCUT2D eigenvalue weighted by Crippen LogP contribution is -2.40. The Morgan fingerprint density at radius 1 is 1.40 bits per heavy atom. The first-order chi connectivity index (χ1) is 6.93. The van der Waals surface area contributed by atoms with Crippen molar-refractivity contribution in [1.29, 1.82) is 0 Å². The normalized spacial score (nSPS) is 20.4. The quantitative estimate of drug-likeness (QED) is 0.700. The average Bonchev–Trinajstić information content (AvgIpc) is 2.06. The summed E-state index contributed by atoms with van der Waals surface area (Å²) in [4.78, 5) is 0.488. The minimum atomic E-state index is -4.13. The number of nitrogens with zero attached hydrogens (tertiary/aromatic N) is 1. The molecule has 0 bridgehead atoms. The van der Waals surface area contributed by atoms with E-state index in [1.54, 1.807) is 0 Å². The molecule has 90 valence electrons. The van der Waals surface area contributed by atoms with Crippen molar-refractivity contribution in [2.75, 3.05) is 19.6 Å². The van der Waals surface area contributed by atoms with Gasteiger partial charge in [0, 0.05) is 13.1 Å². The zero-order valence-corrected chi connectivity index (χ0v) is 10.4. The van der Waals surface area contributed by atoms with Crippen molar-refractivity contribution in [1.82, 2.24) is 4.90 Å². The van der Waals surface area contributed by atoms with Crippen LogP contribution in [0.5, 0.6) is 0 Å². The Morgan fingerprint density at radius 3 is 2.33 bits per heavy atom. The van der Waals surface area contributed by atoms with Crippen molar-refractivity contribution >= 4 is 15.9 Å². The van der Waals surface area contributed by atoms with Gasteiger partial charge in [-0.3, -0.25) is 0 Å². The largest absolute Gasteiger partial charge is 0.402 e. The van der Waals surface area contributed by atoms with Crippen molar-refractivity contribution < 1.29 is 13.2 Å². The molecule has 1 unspecified atom stereocenters. The molecule has 1 rings (SSSR count). The Hall–Kier alpha value is 0.230. The van der Waals surface area contributed by atoms with Crippen LogP contribution in [0.1, 0.15) is 26.2 Å². The number of hydrogen-bond donors (Lipinski definition) is 0. The molecule has 1 aliphatic carbocycles. The van der Waals surface area contributed by atoms with Crippen molar-refractivity contribution in [2.45, 2.75) is 37.2 Å². The van der Waals surface area contributed by atoms with E-state index in [0.29, 0.717) is 12.5 Å². The second-order valence-corrected chi connectivity index (χ2v) is 5.26. The number of rotatable bonds is 5. The van der Waals surface area contributed by atoms with E-state index in [-0.39, 0.29) is 6.54 Å². The van der Waals surface area contributed by atoms with Gasteiger partial charge >= 0.3 is 6.18 Å². The average molecular weight is 288 g/mol. The van der Waals surface area contributed by atoms with E-state index >= 15 is 0 Å². The zero-order chi connectivity index (χ0) is 11.5. The van der Waals surface area contributed by atoms with Gasteiger partial charge in [-0.25, -0.2) is 0 Å². The predicted molar refractivity (Wildman–Crippen MR) is 58.2 cm³/mol. The highest BCUT2D eigenvalue weighted by Crippen LogP contribution is 2.30. The minimum Gasteiger partial charge on any atom is -0.302 e. The van der Waals surface area contributed by atoms with E-state index in [1.807, 2.05) is 11.8 Å². The summed E-state index contributed by atoms with van der Waals surface area (Å²) in [7, 11) is 0. The third-order valence-electron chi connectivity index (χ3n) is 2.96.